The second-order valence-corrected chi connectivity index (χ2v) is 7.71. The second kappa shape index (κ2) is 3.61. The third kappa shape index (κ3) is 1.71. The van der Waals surface area contributed by atoms with Gasteiger partial charge in [0.2, 0.25) is 0 Å². The molecule has 0 N–H and O–H groups in total. The molecular weight excluding hydrogens is 160 g/mol. The molecule has 0 nitrogen and oxygen atoms in total. The maximum Gasteiger partial charge on any atom is 0.0918 e. The Balaban J connectivity index is 2.74. The molecule has 0 aromatic rings. The van der Waals surface area contributed by atoms with Gasteiger partial charge in [0, 0.05) is 0 Å². The molecule has 0 radical (unpaired) electrons. The van der Waals surface area contributed by atoms with Gasteiger partial charge in [-0.25, -0.2) is 0 Å². The normalized spacial score (nSPS) is 25.7. The molecular formula is C11H20Si. The smallest absolute Gasteiger partial charge is 0.0918 e. The molecule has 0 aromatic carbocycles. The highest BCUT2D eigenvalue weighted by molar-refractivity contribution is 6.74. The van der Waals surface area contributed by atoms with Crippen molar-refractivity contribution in [1.29, 1.82) is 0 Å². The van der Waals surface area contributed by atoms with Crippen molar-refractivity contribution < 1.29 is 0 Å². The zero-order chi connectivity index (χ0) is 9.30. The molecule has 68 valence electrons. The van der Waals surface area contributed by atoms with Crippen LogP contribution in [0.2, 0.25) is 5.54 Å². The molecule has 1 aliphatic heterocycles. The lowest BCUT2D eigenvalue weighted by molar-refractivity contribution is 0.616. The third-order valence-corrected chi connectivity index (χ3v) is 7.26. The van der Waals surface area contributed by atoms with Gasteiger partial charge in [0.25, 0.3) is 0 Å². The van der Waals surface area contributed by atoms with Gasteiger partial charge in [0.05, 0.1) is 8.80 Å². The minimum absolute atomic E-state index is 0.686. The number of rotatable bonds is 2. The summed E-state index contributed by atoms with van der Waals surface area (Å²) in [6.07, 6.45) is 2.32. The van der Waals surface area contributed by atoms with Crippen molar-refractivity contribution in [2.24, 2.45) is 5.92 Å². The molecule has 1 aliphatic rings. The monoisotopic (exact) mass is 180 g/mol. The first-order chi connectivity index (χ1) is 5.54. The third-order valence-electron chi connectivity index (χ3n) is 3.29. The van der Waals surface area contributed by atoms with Crippen LogP contribution in [0.15, 0.2) is 22.5 Å². The average Bonchev–Trinajstić information content (AvgIpc) is 2.32. The van der Waals surface area contributed by atoms with Crippen LogP contribution in [0, 0.1) is 5.92 Å². The molecule has 0 aliphatic carbocycles. The molecule has 0 fully saturated rings. The second-order valence-electron chi connectivity index (χ2n) is 4.35. The van der Waals surface area contributed by atoms with Crippen molar-refractivity contribution in [3.8, 4) is 0 Å². The van der Waals surface area contributed by atoms with Gasteiger partial charge in [-0.2, -0.15) is 0 Å². The Labute approximate surface area is 78.0 Å². The fourth-order valence-electron chi connectivity index (χ4n) is 1.77. The van der Waals surface area contributed by atoms with Gasteiger partial charge in [-0.05, 0) is 25.3 Å². The highest BCUT2D eigenvalue weighted by atomic mass is 28.3. The van der Waals surface area contributed by atoms with E-state index in [1.807, 2.05) is 0 Å². The summed E-state index contributed by atoms with van der Waals surface area (Å²) in [6, 6.07) is 0. The van der Waals surface area contributed by atoms with E-state index in [-0.39, 0.29) is 0 Å². The SMILES string of the molecule is CC1=C(C)[SiH](C(C)C(C)C)C=C1. The molecule has 0 saturated carbocycles. The standard InChI is InChI=1S/C11H20Si/c1-8(2)10(4)12-7-6-9(3)11(12)5/h6-8,10,12H,1-5H3. The van der Waals surface area contributed by atoms with Crippen LogP contribution >= 0.6 is 0 Å². The minimum Gasteiger partial charge on any atom is -0.0927 e. The summed E-state index contributed by atoms with van der Waals surface area (Å²) >= 11 is 0. The van der Waals surface area contributed by atoms with Gasteiger partial charge in [-0.1, -0.05) is 43.3 Å². The first kappa shape index (κ1) is 9.78. The Hall–Kier alpha value is -0.303. The van der Waals surface area contributed by atoms with E-state index in [4.69, 9.17) is 0 Å². The van der Waals surface area contributed by atoms with Crippen LogP contribution in [0.5, 0.6) is 0 Å². The molecule has 1 heteroatoms. The lowest BCUT2D eigenvalue weighted by Crippen LogP contribution is -2.20. The maximum absolute atomic E-state index is 2.50. The van der Waals surface area contributed by atoms with E-state index in [1.165, 1.54) is 5.57 Å². The van der Waals surface area contributed by atoms with E-state index in [2.05, 4.69) is 46.4 Å². The molecule has 1 rings (SSSR count). The molecule has 0 spiro atoms. The van der Waals surface area contributed by atoms with Gasteiger partial charge in [-0.3, -0.25) is 0 Å². The zero-order valence-electron chi connectivity index (χ0n) is 8.89. The lowest BCUT2D eigenvalue weighted by atomic mass is 10.1. The van der Waals surface area contributed by atoms with Crippen molar-refractivity contribution in [3.05, 3.63) is 22.5 Å². The Morgan fingerprint density at radius 2 is 1.75 bits per heavy atom. The Bertz CT molecular complexity index is 223. The summed E-state index contributed by atoms with van der Waals surface area (Å²) < 4.78 is 0. The Kier molecular flexibility index (Phi) is 2.94. The topological polar surface area (TPSA) is 0 Å². The van der Waals surface area contributed by atoms with E-state index in [1.54, 1.807) is 5.20 Å². The van der Waals surface area contributed by atoms with Crippen LogP contribution in [0.3, 0.4) is 0 Å². The molecule has 12 heavy (non-hydrogen) atoms. The highest BCUT2D eigenvalue weighted by Crippen LogP contribution is 2.30. The molecule has 2 atom stereocenters. The summed E-state index contributed by atoms with van der Waals surface area (Å²) in [5.74, 6) is 0.840. The summed E-state index contributed by atoms with van der Waals surface area (Å²) in [5.41, 5.74) is 4.94. The minimum atomic E-state index is -0.686. The molecule has 0 amide bonds. The summed E-state index contributed by atoms with van der Waals surface area (Å²) in [4.78, 5) is 0. The van der Waals surface area contributed by atoms with Gasteiger partial charge in [0.1, 0.15) is 0 Å². The van der Waals surface area contributed by atoms with Crippen LogP contribution in [-0.2, 0) is 0 Å². The molecule has 1 heterocycles. The van der Waals surface area contributed by atoms with Crippen LogP contribution in [0.4, 0.5) is 0 Å². The molecule has 0 bridgehead atoms. The fraction of sp³-hybridized carbons (Fsp3) is 0.636. The Morgan fingerprint density at radius 3 is 2.08 bits per heavy atom. The largest absolute Gasteiger partial charge is 0.0927 e. The predicted octanol–water partition coefficient (Wildman–Crippen LogP) is 3.24. The average molecular weight is 180 g/mol. The summed E-state index contributed by atoms with van der Waals surface area (Å²) in [5, 5.41) is 1.70. The highest BCUT2D eigenvalue weighted by Gasteiger charge is 2.24. The van der Waals surface area contributed by atoms with Crippen molar-refractivity contribution >= 4 is 8.80 Å². The van der Waals surface area contributed by atoms with Crippen LogP contribution < -0.4 is 0 Å². The zero-order valence-corrected chi connectivity index (χ0v) is 10.0. The predicted molar refractivity (Wildman–Crippen MR) is 58.9 cm³/mol. The number of hydrogen-bond acceptors (Lipinski definition) is 0. The quantitative estimate of drug-likeness (QED) is 0.572. The van der Waals surface area contributed by atoms with Crippen molar-refractivity contribution in [1.82, 2.24) is 0 Å². The van der Waals surface area contributed by atoms with E-state index in [0.29, 0.717) is 0 Å². The lowest BCUT2D eigenvalue weighted by Gasteiger charge is -2.21. The first-order valence-electron chi connectivity index (χ1n) is 4.89. The van der Waals surface area contributed by atoms with E-state index >= 15 is 0 Å². The molecule has 0 aromatic heterocycles. The molecule has 0 saturated heterocycles. The summed E-state index contributed by atoms with van der Waals surface area (Å²) in [6.45, 7) is 11.7. The van der Waals surface area contributed by atoms with Crippen LogP contribution in [0.25, 0.3) is 0 Å². The van der Waals surface area contributed by atoms with Gasteiger partial charge < -0.3 is 0 Å². The van der Waals surface area contributed by atoms with Crippen LogP contribution in [-0.4, -0.2) is 8.80 Å². The fourth-order valence-corrected chi connectivity index (χ4v) is 5.15. The van der Waals surface area contributed by atoms with Gasteiger partial charge >= 0.3 is 0 Å². The van der Waals surface area contributed by atoms with Crippen molar-refractivity contribution in [3.63, 3.8) is 0 Å². The van der Waals surface area contributed by atoms with Crippen molar-refractivity contribution in [2.45, 2.75) is 40.2 Å². The number of allylic oxidation sites excluding steroid dienone is 3. The maximum atomic E-state index is 2.50. The van der Waals surface area contributed by atoms with E-state index < -0.39 is 8.80 Å². The van der Waals surface area contributed by atoms with Crippen LogP contribution in [0.1, 0.15) is 34.6 Å². The van der Waals surface area contributed by atoms with Gasteiger partial charge in [0.15, 0.2) is 0 Å². The first-order valence-corrected chi connectivity index (χ1v) is 6.80. The van der Waals surface area contributed by atoms with E-state index in [0.717, 1.165) is 11.5 Å². The van der Waals surface area contributed by atoms with Crippen molar-refractivity contribution in [2.75, 3.05) is 0 Å². The Morgan fingerprint density at radius 1 is 1.17 bits per heavy atom. The number of hydrogen-bond donors (Lipinski definition) is 0. The molecule has 2 unspecified atom stereocenters. The van der Waals surface area contributed by atoms with Gasteiger partial charge in [-0.15, -0.1) is 0 Å². The summed E-state index contributed by atoms with van der Waals surface area (Å²) in [7, 11) is -0.686. The van der Waals surface area contributed by atoms with E-state index in [9.17, 15) is 0 Å².